The van der Waals surface area contributed by atoms with Gasteiger partial charge in [0.05, 0.1) is 9.37 Å². The van der Waals surface area contributed by atoms with E-state index in [1.807, 2.05) is 24.3 Å². The van der Waals surface area contributed by atoms with E-state index in [0.717, 1.165) is 39.0 Å². The Labute approximate surface area is 226 Å². The standard InChI is InChI=1S/C24H23Br2N3O4S2/c25-17-5-10-20-16(14-17)4-11-21(23(20)26)33-15-22(30)28-24(34)27-18-6-8-19(9-7-18)35(31,32)29-12-2-1-3-13-29/h4-11,14H,1-3,12-13,15H2,(H2,27,28,30,34). The molecule has 0 unspecified atom stereocenters. The SMILES string of the molecule is O=C(COc1ccc2cc(Br)ccc2c1Br)NC(=S)Nc1ccc(S(=O)(=O)N2CCCCC2)cc1. The lowest BCUT2D eigenvalue weighted by molar-refractivity contribution is -0.121. The first-order valence-electron chi connectivity index (χ1n) is 11.0. The van der Waals surface area contributed by atoms with Crippen LogP contribution in [0.25, 0.3) is 10.8 Å². The molecule has 7 nitrogen and oxygen atoms in total. The summed E-state index contributed by atoms with van der Waals surface area (Å²) in [7, 11) is -3.50. The van der Waals surface area contributed by atoms with Gasteiger partial charge in [0.1, 0.15) is 5.75 Å². The third-order valence-electron chi connectivity index (χ3n) is 5.56. The zero-order valence-corrected chi connectivity index (χ0v) is 23.4. The van der Waals surface area contributed by atoms with E-state index in [0.29, 0.717) is 24.5 Å². The lowest BCUT2D eigenvalue weighted by atomic mass is 10.1. The molecule has 2 N–H and O–H groups in total. The van der Waals surface area contributed by atoms with Gasteiger partial charge in [-0.25, -0.2) is 8.42 Å². The summed E-state index contributed by atoms with van der Waals surface area (Å²) in [5.74, 6) is 0.119. The minimum atomic E-state index is -3.50. The first-order chi connectivity index (χ1) is 16.7. The Hall–Kier alpha value is -2.05. The molecule has 1 aliphatic rings. The summed E-state index contributed by atoms with van der Waals surface area (Å²) < 4.78 is 34.5. The number of benzene rings is 3. The molecule has 1 aliphatic heterocycles. The fourth-order valence-electron chi connectivity index (χ4n) is 3.79. The molecular formula is C24H23Br2N3O4S2. The quantitative estimate of drug-likeness (QED) is 0.350. The van der Waals surface area contributed by atoms with Crippen LogP contribution >= 0.6 is 44.1 Å². The molecule has 0 atom stereocenters. The molecule has 1 fully saturated rings. The van der Waals surface area contributed by atoms with Gasteiger partial charge in [-0.2, -0.15) is 4.31 Å². The van der Waals surface area contributed by atoms with E-state index < -0.39 is 15.9 Å². The van der Waals surface area contributed by atoms with E-state index in [4.69, 9.17) is 17.0 Å². The minimum Gasteiger partial charge on any atom is -0.483 e. The number of sulfonamides is 1. The summed E-state index contributed by atoms with van der Waals surface area (Å²) in [6.07, 6.45) is 2.82. The van der Waals surface area contributed by atoms with Crippen LogP contribution in [0, 0.1) is 0 Å². The normalized spacial score (nSPS) is 14.5. The van der Waals surface area contributed by atoms with Crippen molar-refractivity contribution in [1.82, 2.24) is 9.62 Å². The lowest BCUT2D eigenvalue weighted by Gasteiger charge is -2.25. The second-order valence-corrected chi connectivity index (χ2v) is 12.1. The van der Waals surface area contributed by atoms with Gasteiger partial charge >= 0.3 is 0 Å². The second kappa shape index (κ2) is 11.3. The third kappa shape index (κ3) is 6.39. The van der Waals surface area contributed by atoms with Crippen LogP contribution in [-0.2, 0) is 14.8 Å². The van der Waals surface area contributed by atoms with Crippen LogP contribution in [0.1, 0.15) is 19.3 Å². The molecule has 0 aliphatic carbocycles. The number of thiocarbonyl (C=S) groups is 1. The first-order valence-corrected chi connectivity index (χ1v) is 14.4. The molecule has 1 heterocycles. The number of amides is 1. The monoisotopic (exact) mass is 639 g/mol. The molecule has 0 saturated carbocycles. The van der Waals surface area contributed by atoms with Crippen LogP contribution in [-0.4, -0.2) is 43.4 Å². The highest BCUT2D eigenvalue weighted by Crippen LogP contribution is 2.34. The van der Waals surface area contributed by atoms with Crippen molar-refractivity contribution in [3.63, 3.8) is 0 Å². The van der Waals surface area contributed by atoms with Crippen molar-refractivity contribution in [2.45, 2.75) is 24.2 Å². The van der Waals surface area contributed by atoms with E-state index in [2.05, 4.69) is 42.5 Å². The Morgan fingerprint density at radius 2 is 1.71 bits per heavy atom. The number of ether oxygens (including phenoxy) is 1. The molecule has 0 aromatic heterocycles. The fraction of sp³-hybridized carbons (Fsp3) is 0.250. The van der Waals surface area contributed by atoms with Crippen LogP contribution in [0.15, 0.2) is 68.4 Å². The zero-order chi connectivity index (χ0) is 25.0. The minimum absolute atomic E-state index is 0.0904. The number of carbonyl (C=O) groups is 1. The number of nitrogens with zero attached hydrogens (tertiary/aromatic N) is 1. The van der Waals surface area contributed by atoms with E-state index in [1.165, 1.54) is 16.4 Å². The highest BCUT2D eigenvalue weighted by Gasteiger charge is 2.25. The second-order valence-electron chi connectivity index (χ2n) is 8.02. The summed E-state index contributed by atoms with van der Waals surface area (Å²) in [6, 6.07) is 15.9. The number of hydrogen-bond donors (Lipinski definition) is 2. The largest absolute Gasteiger partial charge is 0.483 e. The Bertz CT molecular complexity index is 1360. The number of nitrogens with one attached hydrogen (secondary N) is 2. The van der Waals surface area contributed by atoms with Gasteiger partial charge in [-0.3, -0.25) is 10.1 Å². The van der Waals surface area contributed by atoms with Crippen LogP contribution in [0.3, 0.4) is 0 Å². The van der Waals surface area contributed by atoms with Gasteiger partial charge < -0.3 is 10.1 Å². The lowest BCUT2D eigenvalue weighted by Crippen LogP contribution is -2.37. The molecule has 184 valence electrons. The third-order valence-corrected chi connectivity index (χ3v) is 8.99. The summed E-state index contributed by atoms with van der Waals surface area (Å²) in [6.45, 7) is 0.873. The van der Waals surface area contributed by atoms with E-state index >= 15 is 0 Å². The van der Waals surface area contributed by atoms with E-state index in [9.17, 15) is 13.2 Å². The summed E-state index contributed by atoms with van der Waals surface area (Å²) >= 11 is 12.2. The highest BCUT2D eigenvalue weighted by atomic mass is 79.9. The highest BCUT2D eigenvalue weighted by molar-refractivity contribution is 9.11. The molecule has 35 heavy (non-hydrogen) atoms. The number of anilines is 1. The fourth-order valence-corrected chi connectivity index (χ4v) is 6.52. The topological polar surface area (TPSA) is 87.7 Å². The Balaban J connectivity index is 1.31. The van der Waals surface area contributed by atoms with Gasteiger partial charge in [-0.15, -0.1) is 0 Å². The maximum absolute atomic E-state index is 12.8. The van der Waals surface area contributed by atoms with Crippen LogP contribution in [0.2, 0.25) is 0 Å². The van der Waals surface area contributed by atoms with Crippen LogP contribution < -0.4 is 15.4 Å². The number of halogens is 2. The number of rotatable bonds is 6. The Morgan fingerprint density at radius 3 is 2.43 bits per heavy atom. The summed E-state index contributed by atoms with van der Waals surface area (Å²) in [4.78, 5) is 12.6. The Morgan fingerprint density at radius 1 is 1.00 bits per heavy atom. The van der Waals surface area contributed by atoms with Gasteiger partial charge in [0, 0.05) is 23.2 Å². The van der Waals surface area contributed by atoms with Gasteiger partial charge in [0.15, 0.2) is 11.7 Å². The van der Waals surface area contributed by atoms with Crippen molar-refractivity contribution < 1.29 is 17.9 Å². The molecule has 1 amide bonds. The average Bonchev–Trinajstić information content (AvgIpc) is 2.84. The van der Waals surface area contributed by atoms with Crippen molar-refractivity contribution in [1.29, 1.82) is 0 Å². The zero-order valence-electron chi connectivity index (χ0n) is 18.6. The van der Waals surface area contributed by atoms with Crippen molar-refractivity contribution in [2.24, 2.45) is 0 Å². The molecule has 4 rings (SSSR count). The van der Waals surface area contributed by atoms with Crippen molar-refractivity contribution in [3.8, 4) is 5.75 Å². The first kappa shape index (κ1) is 26.0. The van der Waals surface area contributed by atoms with Gasteiger partial charge in [0.25, 0.3) is 5.91 Å². The predicted molar refractivity (Wildman–Crippen MR) is 148 cm³/mol. The molecule has 0 radical (unpaired) electrons. The molecule has 3 aromatic rings. The van der Waals surface area contributed by atoms with Gasteiger partial charge in [-0.05, 0) is 94.2 Å². The van der Waals surface area contributed by atoms with E-state index in [1.54, 1.807) is 18.2 Å². The average molecular weight is 641 g/mol. The molecule has 11 heteroatoms. The van der Waals surface area contributed by atoms with Crippen LogP contribution in [0.5, 0.6) is 5.75 Å². The Kier molecular flexibility index (Phi) is 8.43. The molecular weight excluding hydrogens is 618 g/mol. The summed E-state index contributed by atoms with van der Waals surface area (Å²) in [5.41, 5.74) is 0.567. The molecule has 1 saturated heterocycles. The summed E-state index contributed by atoms with van der Waals surface area (Å²) in [5, 5.41) is 7.55. The molecule has 0 spiro atoms. The van der Waals surface area contributed by atoms with Gasteiger partial charge in [0.2, 0.25) is 10.0 Å². The molecule has 0 bridgehead atoms. The number of carbonyl (C=O) groups excluding carboxylic acids is 1. The smallest absolute Gasteiger partial charge is 0.264 e. The number of hydrogen-bond acceptors (Lipinski definition) is 5. The van der Waals surface area contributed by atoms with Crippen molar-refractivity contribution in [3.05, 3.63) is 63.5 Å². The number of fused-ring (bicyclic) bond motifs is 1. The number of piperidine rings is 1. The van der Waals surface area contributed by atoms with Crippen molar-refractivity contribution >= 4 is 81.6 Å². The predicted octanol–water partition coefficient (Wildman–Crippen LogP) is 5.43. The maximum atomic E-state index is 12.8. The van der Waals surface area contributed by atoms with E-state index in [-0.39, 0.29) is 16.6 Å². The van der Waals surface area contributed by atoms with Crippen molar-refractivity contribution in [2.75, 3.05) is 25.0 Å². The maximum Gasteiger partial charge on any atom is 0.264 e. The van der Waals surface area contributed by atoms with Crippen LogP contribution in [0.4, 0.5) is 5.69 Å². The van der Waals surface area contributed by atoms with Gasteiger partial charge in [-0.1, -0.05) is 34.5 Å². The molecule has 3 aromatic carbocycles.